The Morgan fingerprint density at radius 2 is 2.18 bits per heavy atom. The van der Waals surface area contributed by atoms with E-state index >= 15 is 0 Å². The van der Waals surface area contributed by atoms with Crippen molar-refractivity contribution in [2.24, 2.45) is 5.73 Å². The van der Waals surface area contributed by atoms with E-state index in [1.165, 1.54) is 0 Å². The predicted molar refractivity (Wildman–Crippen MR) is 69.3 cm³/mol. The first-order chi connectivity index (χ1) is 8.13. The number of carbonyl (C=O) groups excluding carboxylic acids is 1. The molecule has 0 aliphatic rings. The zero-order valence-corrected chi connectivity index (χ0v) is 10.5. The number of amides is 1. The lowest BCUT2D eigenvalue weighted by Crippen LogP contribution is -2.19. The SMILES string of the molecule is COc1cccc(N(C)CCCCC(N)=O)c1. The molecule has 2 N–H and O–H groups in total. The summed E-state index contributed by atoms with van der Waals surface area (Å²) >= 11 is 0. The number of rotatable bonds is 7. The maximum absolute atomic E-state index is 10.6. The highest BCUT2D eigenvalue weighted by molar-refractivity contribution is 5.73. The first-order valence-corrected chi connectivity index (χ1v) is 5.77. The first-order valence-electron chi connectivity index (χ1n) is 5.77. The van der Waals surface area contributed by atoms with Gasteiger partial charge in [0.05, 0.1) is 7.11 Å². The average molecular weight is 236 g/mol. The molecule has 0 aliphatic heterocycles. The second kappa shape index (κ2) is 6.78. The fourth-order valence-electron chi connectivity index (χ4n) is 1.63. The summed E-state index contributed by atoms with van der Waals surface area (Å²) in [5.74, 6) is 0.625. The summed E-state index contributed by atoms with van der Waals surface area (Å²) in [5, 5.41) is 0. The van der Waals surface area contributed by atoms with Crippen molar-refractivity contribution >= 4 is 11.6 Å². The molecule has 4 nitrogen and oxygen atoms in total. The number of carbonyl (C=O) groups is 1. The summed E-state index contributed by atoms with van der Waals surface area (Å²) in [6.45, 7) is 0.903. The monoisotopic (exact) mass is 236 g/mol. The van der Waals surface area contributed by atoms with E-state index in [1.807, 2.05) is 31.3 Å². The van der Waals surface area contributed by atoms with Gasteiger partial charge in [0.2, 0.25) is 5.91 Å². The van der Waals surface area contributed by atoms with Crippen LogP contribution >= 0.6 is 0 Å². The van der Waals surface area contributed by atoms with Gasteiger partial charge in [-0.15, -0.1) is 0 Å². The Hall–Kier alpha value is -1.71. The molecule has 0 spiro atoms. The minimum absolute atomic E-state index is 0.228. The van der Waals surface area contributed by atoms with Gasteiger partial charge in [-0.3, -0.25) is 4.79 Å². The summed E-state index contributed by atoms with van der Waals surface area (Å²) in [6.07, 6.45) is 2.26. The number of nitrogens with two attached hydrogens (primary N) is 1. The van der Waals surface area contributed by atoms with E-state index < -0.39 is 0 Å². The summed E-state index contributed by atoms with van der Waals surface area (Å²) in [7, 11) is 3.69. The molecule has 0 unspecified atom stereocenters. The maximum atomic E-state index is 10.6. The van der Waals surface area contributed by atoms with Crippen LogP contribution in [0.1, 0.15) is 19.3 Å². The Balaban J connectivity index is 2.40. The van der Waals surface area contributed by atoms with Gasteiger partial charge in [-0.2, -0.15) is 0 Å². The van der Waals surface area contributed by atoms with Crippen LogP contribution < -0.4 is 15.4 Å². The molecule has 1 amide bonds. The third-order valence-electron chi connectivity index (χ3n) is 2.66. The lowest BCUT2D eigenvalue weighted by Gasteiger charge is -2.19. The molecular weight excluding hydrogens is 216 g/mol. The Bertz CT molecular complexity index is 366. The van der Waals surface area contributed by atoms with Gasteiger partial charge in [0, 0.05) is 31.8 Å². The van der Waals surface area contributed by atoms with Gasteiger partial charge in [0.1, 0.15) is 5.75 Å². The van der Waals surface area contributed by atoms with Crippen LogP contribution in [0.25, 0.3) is 0 Å². The number of nitrogens with zero attached hydrogens (tertiary/aromatic N) is 1. The number of primary amides is 1. The second-order valence-corrected chi connectivity index (χ2v) is 4.05. The molecule has 94 valence electrons. The molecule has 0 aromatic heterocycles. The molecule has 1 aromatic rings. The predicted octanol–water partition coefficient (Wildman–Crippen LogP) is 1.79. The minimum atomic E-state index is -0.228. The van der Waals surface area contributed by atoms with E-state index in [-0.39, 0.29) is 5.91 Å². The molecule has 0 saturated carbocycles. The van der Waals surface area contributed by atoms with Crippen molar-refractivity contribution in [1.29, 1.82) is 0 Å². The van der Waals surface area contributed by atoms with Gasteiger partial charge >= 0.3 is 0 Å². The number of methoxy groups -OCH3 is 1. The van der Waals surface area contributed by atoms with Crippen molar-refractivity contribution in [3.05, 3.63) is 24.3 Å². The molecule has 1 aromatic carbocycles. The molecule has 17 heavy (non-hydrogen) atoms. The van der Waals surface area contributed by atoms with Crippen LogP contribution in [0.2, 0.25) is 0 Å². The fourth-order valence-corrected chi connectivity index (χ4v) is 1.63. The van der Waals surface area contributed by atoms with Crippen LogP contribution in [0.5, 0.6) is 5.75 Å². The molecular formula is C13H20N2O2. The van der Waals surface area contributed by atoms with Crippen molar-refractivity contribution in [2.75, 3.05) is 25.6 Å². The third kappa shape index (κ3) is 4.76. The molecule has 0 saturated heterocycles. The van der Waals surface area contributed by atoms with E-state index in [9.17, 15) is 4.79 Å². The third-order valence-corrected chi connectivity index (χ3v) is 2.66. The zero-order valence-electron chi connectivity index (χ0n) is 10.5. The first kappa shape index (κ1) is 13.4. The highest BCUT2D eigenvalue weighted by Gasteiger charge is 2.02. The van der Waals surface area contributed by atoms with Crippen molar-refractivity contribution in [3.63, 3.8) is 0 Å². The summed E-state index contributed by atoms with van der Waals surface area (Å²) in [6, 6.07) is 7.92. The van der Waals surface area contributed by atoms with Gasteiger partial charge in [-0.1, -0.05) is 6.07 Å². The van der Waals surface area contributed by atoms with Gasteiger partial charge in [0.15, 0.2) is 0 Å². The molecule has 0 fully saturated rings. The van der Waals surface area contributed by atoms with E-state index in [0.717, 1.165) is 30.8 Å². The van der Waals surface area contributed by atoms with Crippen molar-refractivity contribution in [2.45, 2.75) is 19.3 Å². The minimum Gasteiger partial charge on any atom is -0.497 e. The van der Waals surface area contributed by atoms with Gasteiger partial charge in [-0.25, -0.2) is 0 Å². The van der Waals surface area contributed by atoms with Crippen molar-refractivity contribution < 1.29 is 9.53 Å². The molecule has 1 rings (SSSR count). The molecule has 0 aliphatic carbocycles. The van der Waals surface area contributed by atoms with Crippen LogP contribution in [-0.4, -0.2) is 26.6 Å². The van der Waals surface area contributed by atoms with Crippen molar-refractivity contribution in [3.8, 4) is 5.75 Å². The van der Waals surface area contributed by atoms with Gasteiger partial charge in [-0.05, 0) is 25.0 Å². The smallest absolute Gasteiger partial charge is 0.217 e. The van der Waals surface area contributed by atoms with E-state index in [0.29, 0.717) is 6.42 Å². The standard InChI is InChI=1S/C13H20N2O2/c1-15(9-4-3-8-13(14)16)11-6-5-7-12(10-11)17-2/h5-7,10H,3-4,8-9H2,1-2H3,(H2,14,16). The zero-order chi connectivity index (χ0) is 12.7. The summed E-state index contributed by atoms with van der Waals surface area (Å²) in [5.41, 5.74) is 6.20. The molecule has 0 bridgehead atoms. The van der Waals surface area contributed by atoms with Crippen LogP contribution in [0, 0.1) is 0 Å². The van der Waals surface area contributed by atoms with Gasteiger partial charge < -0.3 is 15.4 Å². The lowest BCUT2D eigenvalue weighted by atomic mass is 10.2. The number of ether oxygens (including phenoxy) is 1. The second-order valence-electron chi connectivity index (χ2n) is 4.05. The molecule has 0 atom stereocenters. The Morgan fingerprint density at radius 3 is 2.82 bits per heavy atom. The summed E-state index contributed by atoms with van der Waals surface area (Å²) in [4.78, 5) is 12.7. The number of unbranched alkanes of at least 4 members (excludes halogenated alkanes) is 1. The number of benzene rings is 1. The van der Waals surface area contributed by atoms with Crippen LogP contribution in [0.15, 0.2) is 24.3 Å². The Kier molecular flexibility index (Phi) is 5.33. The normalized spacial score (nSPS) is 10.0. The maximum Gasteiger partial charge on any atom is 0.217 e. The fraction of sp³-hybridized carbons (Fsp3) is 0.462. The van der Waals surface area contributed by atoms with Gasteiger partial charge in [0.25, 0.3) is 0 Å². The quantitative estimate of drug-likeness (QED) is 0.734. The van der Waals surface area contributed by atoms with Crippen LogP contribution in [0.4, 0.5) is 5.69 Å². The highest BCUT2D eigenvalue weighted by atomic mass is 16.5. The molecule has 0 radical (unpaired) electrons. The topological polar surface area (TPSA) is 55.6 Å². The van der Waals surface area contributed by atoms with Crippen LogP contribution in [-0.2, 0) is 4.79 Å². The Labute approximate surface area is 102 Å². The lowest BCUT2D eigenvalue weighted by molar-refractivity contribution is -0.118. The van der Waals surface area contributed by atoms with E-state index in [1.54, 1.807) is 7.11 Å². The highest BCUT2D eigenvalue weighted by Crippen LogP contribution is 2.20. The average Bonchev–Trinajstić information content (AvgIpc) is 2.34. The Morgan fingerprint density at radius 1 is 1.41 bits per heavy atom. The van der Waals surface area contributed by atoms with Crippen molar-refractivity contribution in [1.82, 2.24) is 0 Å². The summed E-state index contributed by atoms with van der Waals surface area (Å²) < 4.78 is 5.17. The molecule has 0 heterocycles. The number of anilines is 1. The largest absolute Gasteiger partial charge is 0.497 e. The number of hydrogen-bond acceptors (Lipinski definition) is 3. The van der Waals surface area contributed by atoms with E-state index in [2.05, 4.69) is 4.90 Å². The number of hydrogen-bond donors (Lipinski definition) is 1. The molecule has 4 heteroatoms. The van der Waals surface area contributed by atoms with Crippen LogP contribution in [0.3, 0.4) is 0 Å². The van der Waals surface area contributed by atoms with E-state index in [4.69, 9.17) is 10.5 Å².